The average Bonchev–Trinajstić information content (AvgIpc) is 3.10. The number of aryl methyl sites for hydroxylation is 1. The molecule has 0 aromatic heterocycles. The number of aliphatic hydroxyl groups is 2. The second-order valence-electron chi connectivity index (χ2n) is 5.22. The molecule has 9 heteroatoms. The van der Waals surface area contributed by atoms with Crippen LogP contribution in [0.3, 0.4) is 0 Å². The Balaban J connectivity index is 0. The van der Waals surface area contributed by atoms with Crippen molar-refractivity contribution in [1.82, 2.24) is 0 Å². The molecule has 0 unspecified atom stereocenters. The minimum absolute atomic E-state index is 0.0666. The number of terminal acetylenes is 2. The van der Waals surface area contributed by atoms with E-state index in [4.69, 9.17) is 30.7 Å². The summed E-state index contributed by atoms with van der Waals surface area (Å²) in [6.07, 6.45) is 9.64. The maximum absolute atomic E-state index is 10.5. The lowest BCUT2D eigenvalue weighted by molar-refractivity contribution is -0.111. The highest BCUT2D eigenvalue weighted by molar-refractivity contribution is 7.85. The Bertz CT molecular complexity index is 747. The molecule has 1 heterocycles. The van der Waals surface area contributed by atoms with Crippen molar-refractivity contribution in [3.8, 4) is 24.7 Å². The zero-order valence-corrected chi connectivity index (χ0v) is 16.9. The molecule has 1 aliphatic rings. The second kappa shape index (κ2) is 14.8. The zero-order valence-electron chi connectivity index (χ0n) is 16.1. The minimum atomic E-state index is -4.02. The summed E-state index contributed by atoms with van der Waals surface area (Å²) in [6.45, 7) is 5.90. The van der Waals surface area contributed by atoms with E-state index in [0.29, 0.717) is 13.2 Å². The van der Waals surface area contributed by atoms with E-state index in [1.54, 1.807) is 19.1 Å². The van der Waals surface area contributed by atoms with E-state index in [-0.39, 0.29) is 23.9 Å². The molecule has 1 fully saturated rings. The van der Waals surface area contributed by atoms with Crippen LogP contribution in [-0.4, -0.2) is 61.2 Å². The molecule has 1 aromatic rings. The first-order valence-corrected chi connectivity index (χ1v) is 9.38. The fraction of sp³-hybridized carbons (Fsp3) is 0.421. The van der Waals surface area contributed by atoms with Gasteiger partial charge in [0, 0.05) is 13.8 Å². The van der Waals surface area contributed by atoms with Crippen molar-refractivity contribution in [2.24, 2.45) is 0 Å². The van der Waals surface area contributed by atoms with Crippen LogP contribution in [0, 0.1) is 31.6 Å². The van der Waals surface area contributed by atoms with Gasteiger partial charge in [-0.2, -0.15) is 8.42 Å². The molecule has 0 spiro atoms. The SMILES string of the molecule is C#CC(C)=O.C#CC1(C)OCCO1.Cc1ccc(S(=O)(=O)O)cc1.OCCO. The first-order chi connectivity index (χ1) is 13.0. The molecule has 1 saturated heterocycles. The zero-order chi connectivity index (χ0) is 22.2. The highest BCUT2D eigenvalue weighted by Gasteiger charge is 2.27. The molecule has 0 bridgehead atoms. The van der Waals surface area contributed by atoms with E-state index in [2.05, 4.69) is 12.3 Å². The van der Waals surface area contributed by atoms with Crippen molar-refractivity contribution in [3.63, 3.8) is 0 Å². The summed E-state index contributed by atoms with van der Waals surface area (Å²) in [6, 6.07) is 5.99. The standard InChI is InChI=1S/C7H8O3S.C6H8O2.C4H4O.C2H6O2/c1-6-2-4-7(5-3-6)11(8,9)10;1-3-6(2)7-4-5-8-6;1-3-4(2)5;3-1-2-4/h2-5H,1H3,(H,8,9,10);1H,4-5H2,2H3;1H,2H3;3-4H,1-2H2. The van der Waals surface area contributed by atoms with Crippen LogP contribution in [0.15, 0.2) is 29.2 Å². The third-order valence-electron chi connectivity index (χ3n) is 2.72. The van der Waals surface area contributed by atoms with Crippen LogP contribution in [-0.2, 0) is 24.4 Å². The van der Waals surface area contributed by atoms with Gasteiger partial charge in [0.15, 0.2) is 0 Å². The molecule has 1 aromatic carbocycles. The number of carbonyl (C=O) groups excluding carboxylic acids is 1. The Kier molecular flexibility index (Phi) is 14.8. The van der Waals surface area contributed by atoms with Crippen LogP contribution in [0.2, 0.25) is 0 Å². The largest absolute Gasteiger partial charge is 0.394 e. The summed E-state index contributed by atoms with van der Waals surface area (Å²) in [5, 5.41) is 15.2. The highest BCUT2D eigenvalue weighted by Crippen LogP contribution is 2.15. The lowest BCUT2D eigenvalue weighted by Crippen LogP contribution is -2.21. The Hall–Kier alpha value is -2.24. The summed E-state index contributed by atoms with van der Waals surface area (Å²) in [5.74, 6) is 3.33. The molecule has 0 radical (unpaired) electrons. The number of aliphatic hydroxyl groups excluding tert-OH is 2. The molecule has 0 amide bonds. The van der Waals surface area contributed by atoms with Crippen molar-refractivity contribution >= 4 is 15.9 Å². The number of rotatable bonds is 2. The van der Waals surface area contributed by atoms with Gasteiger partial charge in [0.2, 0.25) is 11.6 Å². The predicted octanol–water partition coefficient (Wildman–Crippen LogP) is 0.804. The summed E-state index contributed by atoms with van der Waals surface area (Å²) in [7, 11) is -4.02. The molecule has 1 aliphatic heterocycles. The molecule has 156 valence electrons. The molecule has 28 heavy (non-hydrogen) atoms. The Morgan fingerprint density at radius 1 is 1.14 bits per heavy atom. The summed E-state index contributed by atoms with van der Waals surface area (Å²) >= 11 is 0. The molecule has 3 N–H and O–H groups in total. The normalized spacial score (nSPS) is 13.7. The van der Waals surface area contributed by atoms with Crippen LogP contribution in [0.4, 0.5) is 0 Å². The number of ether oxygens (including phenoxy) is 2. The van der Waals surface area contributed by atoms with Gasteiger partial charge in [-0.05, 0) is 30.9 Å². The van der Waals surface area contributed by atoms with E-state index in [1.807, 2.05) is 12.8 Å². The van der Waals surface area contributed by atoms with Gasteiger partial charge < -0.3 is 19.7 Å². The number of ketones is 1. The van der Waals surface area contributed by atoms with Gasteiger partial charge in [-0.25, -0.2) is 0 Å². The van der Waals surface area contributed by atoms with Gasteiger partial charge >= 0.3 is 0 Å². The molecule has 8 nitrogen and oxygen atoms in total. The third-order valence-corrected chi connectivity index (χ3v) is 3.59. The Morgan fingerprint density at radius 2 is 1.54 bits per heavy atom. The van der Waals surface area contributed by atoms with Crippen molar-refractivity contribution in [2.75, 3.05) is 26.4 Å². The quantitative estimate of drug-likeness (QED) is 0.368. The molecule has 2 rings (SSSR count). The molecule has 0 saturated carbocycles. The van der Waals surface area contributed by atoms with E-state index in [1.165, 1.54) is 19.1 Å². The Labute approximate surface area is 166 Å². The molecular formula is C19H26O8S. The lowest BCUT2D eigenvalue weighted by Gasteiger charge is -2.12. The topological polar surface area (TPSA) is 130 Å². The molecule has 0 atom stereocenters. The number of benzene rings is 1. The maximum Gasteiger partial charge on any atom is 0.294 e. The van der Waals surface area contributed by atoms with Crippen LogP contribution >= 0.6 is 0 Å². The van der Waals surface area contributed by atoms with Gasteiger partial charge in [-0.15, -0.1) is 12.8 Å². The van der Waals surface area contributed by atoms with Crippen LogP contribution in [0.1, 0.15) is 19.4 Å². The van der Waals surface area contributed by atoms with Crippen LogP contribution in [0.5, 0.6) is 0 Å². The van der Waals surface area contributed by atoms with Crippen molar-refractivity contribution in [1.29, 1.82) is 0 Å². The fourth-order valence-corrected chi connectivity index (χ4v) is 1.79. The second-order valence-corrected chi connectivity index (χ2v) is 6.64. The van der Waals surface area contributed by atoms with Gasteiger partial charge in [-0.1, -0.05) is 17.7 Å². The summed E-state index contributed by atoms with van der Waals surface area (Å²) < 4.78 is 39.6. The number of Topliss-reactive ketones (excluding diaryl/α,β-unsaturated/α-hetero) is 1. The first-order valence-electron chi connectivity index (χ1n) is 7.94. The number of hydrogen-bond acceptors (Lipinski definition) is 7. The number of hydrogen-bond donors (Lipinski definition) is 3. The van der Waals surface area contributed by atoms with Gasteiger partial charge in [0.25, 0.3) is 10.1 Å². The first kappa shape index (κ1) is 28.0. The van der Waals surface area contributed by atoms with Gasteiger partial charge in [-0.3, -0.25) is 9.35 Å². The summed E-state index contributed by atoms with van der Waals surface area (Å²) in [5.41, 5.74) is 0.956. The number of carbonyl (C=O) groups is 1. The molecule has 0 aliphatic carbocycles. The lowest BCUT2D eigenvalue weighted by atomic mass is 10.2. The van der Waals surface area contributed by atoms with E-state index >= 15 is 0 Å². The predicted molar refractivity (Wildman–Crippen MR) is 104 cm³/mol. The van der Waals surface area contributed by atoms with Crippen LogP contribution < -0.4 is 0 Å². The van der Waals surface area contributed by atoms with E-state index in [9.17, 15) is 13.2 Å². The fourth-order valence-electron chi connectivity index (χ4n) is 1.31. The van der Waals surface area contributed by atoms with Gasteiger partial charge in [0.05, 0.1) is 31.3 Å². The minimum Gasteiger partial charge on any atom is -0.394 e. The van der Waals surface area contributed by atoms with Gasteiger partial charge in [0.1, 0.15) is 0 Å². The van der Waals surface area contributed by atoms with Crippen LogP contribution in [0.25, 0.3) is 0 Å². The summed E-state index contributed by atoms with van der Waals surface area (Å²) in [4.78, 5) is 9.51. The molecular weight excluding hydrogens is 388 g/mol. The van der Waals surface area contributed by atoms with E-state index in [0.717, 1.165) is 5.56 Å². The van der Waals surface area contributed by atoms with E-state index < -0.39 is 15.9 Å². The maximum atomic E-state index is 10.5. The third kappa shape index (κ3) is 14.9. The van der Waals surface area contributed by atoms with Crippen molar-refractivity contribution < 1.29 is 37.5 Å². The highest BCUT2D eigenvalue weighted by atomic mass is 32.2. The van der Waals surface area contributed by atoms with Crippen molar-refractivity contribution in [3.05, 3.63) is 29.8 Å². The van der Waals surface area contributed by atoms with Crippen molar-refractivity contribution in [2.45, 2.75) is 31.5 Å². The smallest absolute Gasteiger partial charge is 0.294 e. The monoisotopic (exact) mass is 414 g/mol. The average molecular weight is 414 g/mol. The Morgan fingerprint density at radius 3 is 1.75 bits per heavy atom.